The normalized spacial score (nSPS) is 16.7. The van der Waals surface area contributed by atoms with Crippen molar-refractivity contribution in [2.75, 3.05) is 26.2 Å². The molecule has 21 heavy (non-hydrogen) atoms. The van der Waals surface area contributed by atoms with Gasteiger partial charge < -0.3 is 5.32 Å². The highest BCUT2D eigenvalue weighted by Crippen LogP contribution is 2.31. The lowest BCUT2D eigenvalue weighted by Crippen LogP contribution is -2.45. The average molecular weight is 358 g/mol. The summed E-state index contributed by atoms with van der Waals surface area (Å²) in [5.41, 5.74) is 0.753. The van der Waals surface area contributed by atoms with Gasteiger partial charge >= 0.3 is 0 Å². The molecule has 1 atom stereocenters. The van der Waals surface area contributed by atoms with Crippen molar-refractivity contribution >= 4 is 36.4 Å². The highest BCUT2D eigenvalue weighted by molar-refractivity contribution is 6.30. The van der Waals surface area contributed by atoms with Crippen molar-refractivity contribution < 1.29 is 4.39 Å². The van der Waals surface area contributed by atoms with Gasteiger partial charge in [0, 0.05) is 37.8 Å². The molecular weight excluding hydrogens is 334 g/mol. The van der Waals surface area contributed by atoms with E-state index in [0.717, 1.165) is 51.0 Å². The predicted molar refractivity (Wildman–Crippen MR) is 92.6 cm³/mol. The quantitative estimate of drug-likeness (QED) is 0.837. The molecule has 1 aromatic rings. The van der Waals surface area contributed by atoms with Crippen LogP contribution in [-0.4, -0.2) is 31.1 Å². The number of unbranched alkanes of at least 4 members (excludes halogenated alkanes) is 1. The molecule has 1 aliphatic rings. The van der Waals surface area contributed by atoms with E-state index in [2.05, 4.69) is 17.1 Å². The molecule has 0 spiro atoms. The predicted octanol–water partition coefficient (Wildman–Crippen LogP) is 4.46. The molecule has 0 amide bonds. The Kier molecular flexibility index (Phi) is 10.6. The van der Waals surface area contributed by atoms with Gasteiger partial charge in [0.15, 0.2) is 0 Å². The van der Waals surface area contributed by atoms with Crippen molar-refractivity contribution in [2.45, 2.75) is 32.2 Å². The first-order valence-electron chi connectivity index (χ1n) is 7.12. The van der Waals surface area contributed by atoms with Crippen molar-refractivity contribution in [1.29, 1.82) is 0 Å². The highest BCUT2D eigenvalue weighted by atomic mass is 35.5. The average Bonchev–Trinajstić information content (AvgIpc) is 2.45. The first-order chi connectivity index (χ1) is 9.24. The Morgan fingerprint density at radius 3 is 2.57 bits per heavy atom. The molecule has 1 saturated heterocycles. The van der Waals surface area contributed by atoms with Gasteiger partial charge in [0.1, 0.15) is 5.82 Å². The lowest BCUT2D eigenvalue weighted by atomic mass is 9.98. The van der Waals surface area contributed by atoms with Crippen LogP contribution in [0.4, 0.5) is 4.39 Å². The van der Waals surface area contributed by atoms with Crippen LogP contribution in [0, 0.1) is 5.82 Å². The van der Waals surface area contributed by atoms with Crippen molar-refractivity contribution in [1.82, 2.24) is 10.2 Å². The van der Waals surface area contributed by atoms with Crippen LogP contribution >= 0.6 is 36.4 Å². The van der Waals surface area contributed by atoms with Crippen LogP contribution < -0.4 is 5.32 Å². The van der Waals surface area contributed by atoms with E-state index in [1.54, 1.807) is 6.07 Å². The zero-order valence-corrected chi connectivity index (χ0v) is 14.7. The van der Waals surface area contributed by atoms with E-state index in [-0.39, 0.29) is 41.7 Å². The molecule has 2 rings (SSSR count). The maximum atomic E-state index is 14.3. The monoisotopic (exact) mass is 356 g/mol. The molecule has 6 heteroatoms. The van der Waals surface area contributed by atoms with Crippen LogP contribution in [0.5, 0.6) is 0 Å². The molecule has 0 bridgehead atoms. The van der Waals surface area contributed by atoms with E-state index in [0.29, 0.717) is 0 Å². The second kappa shape index (κ2) is 10.6. The fourth-order valence-corrected chi connectivity index (χ4v) is 2.89. The summed E-state index contributed by atoms with van der Waals surface area (Å²) in [4.78, 5) is 2.38. The van der Waals surface area contributed by atoms with Crippen LogP contribution in [0.3, 0.4) is 0 Å². The summed E-state index contributed by atoms with van der Waals surface area (Å²) in [6.45, 7) is 6.07. The summed E-state index contributed by atoms with van der Waals surface area (Å²) in [6, 6.07) is 5.50. The first kappa shape index (κ1) is 20.9. The fourth-order valence-electron chi connectivity index (χ4n) is 2.70. The van der Waals surface area contributed by atoms with Crippen molar-refractivity contribution in [3.8, 4) is 0 Å². The number of hydrogen-bond donors (Lipinski definition) is 1. The number of nitrogens with zero attached hydrogens (tertiary/aromatic N) is 1. The molecule has 1 aliphatic heterocycles. The van der Waals surface area contributed by atoms with E-state index in [9.17, 15) is 4.39 Å². The number of halogens is 4. The molecule has 1 N–H and O–H groups in total. The molecule has 2 nitrogen and oxygen atoms in total. The summed E-state index contributed by atoms with van der Waals surface area (Å²) >= 11 is 5.93. The van der Waals surface area contributed by atoms with E-state index in [1.807, 2.05) is 12.1 Å². The third-order valence-electron chi connectivity index (χ3n) is 3.76. The molecule has 1 heterocycles. The van der Waals surface area contributed by atoms with Gasteiger partial charge in [-0.25, -0.2) is 4.39 Å². The second-order valence-corrected chi connectivity index (χ2v) is 5.49. The molecule has 0 aliphatic carbocycles. The Hall–Kier alpha value is -0.0600. The number of benzene rings is 1. The molecule has 0 aromatic heterocycles. The maximum Gasteiger partial charge on any atom is 0.146 e. The maximum absolute atomic E-state index is 14.3. The Morgan fingerprint density at radius 2 is 1.95 bits per heavy atom. The first-order valence-corrected chi connectivity index (χ1v) is 7.50. The number of rotatable bonds is 5. The minimum Gasteiger partial charge on any atom is -0.314 e. The zero-order chi connectivity index (χ0) is 13.7. The molecule has 1 aromatic carbocycles. The van der Waals surface area contributed by atoms with Crippen molar-refractivity contribution in [3.05, 3.63) is 34.6 Å². The Balaban J connectivity index is 0.00000200. The summed E-state index contributed by atoms with van der Waals surface area (Å²) in [6.07, 6.45) is 3.24. The topological polar surface area (TPSA) is 15.3 Å². The summed E-state index contributed by atoms with van der Waals surface area (Å²) in [7, 11) is 0. The molecule has 0 unspecified atom stereocenters. The fraction of sp³-hybridized carbons (Fsp3) is 0.600. The van der Waals surface area contributed by atoms with Gasteiger partial charge in [0.05, 0.1) is 5.02 Å². The van der Waals surface area contributed by atoms with Gasteiger partial charge in [-0.2, -0.15) is 0 Å². The number of nitrogens with one attached hydrogen (secondary N) is 1. The van der Waals surface area contributed by atoms with Crippen molar-refractivity contribution in [2.24, 2.45) is 0 Å². The second-order valence-electron chi connectivity index (χ2n) is 5.09. The lowest BCUT2D eigenvalue weighted by molar-refractivity contribution is 0.160. The summed E-state index contributed by atoms with van der Waals surface area (Å²) in [5, 5.41) is 3.57. The SMILES string of the molecule is CCCC[C@H](c1cccc(Cl)c1F)N1CCNCC1.Cl.Cl. The smallest absolute Gasteiger partial charge is 0.146 e. The minimum absolute atomic E-state index is 0. The summed E-state index contributed by atoms with van der Waals surface area (Å²) < 4.78 is 14.3. The van der Waals surface area contributed by atoms with Crippen LogP contribution in [0.2, 0.25) is 5.02 Å². The Morgan fingerprint density at radius 1 is 1.29 bits per heavy atom. The van der Waals surface area contributed by atoms with E-state index in [4.69, 9.17) is 11.6 Å². The molecule has 1 fully saturated rings. The van der Waals surface area contributed by atoms with E-state index in [1.165, 1.54) is 0 Å². The summed E-state index contributed by atoms with van der Waals surface area (Å²) in [5.74, 6) is -0.246. The van der Waals surface area contributed by atoms with Gasteiger partial charge in [-0.1, -0.05) is 43.5 Å². The van der Waals surface area contributed by atoms with Crippen LogP contribution in [-0.2, 0) is 0 Å². The zero-order valence-electron chi connectivity index (χ0n) is 12.3. The Bertz CT molecular complexity index is 412. The standard InChI is InChI=1S/C15H22ClFN2.2ClH/c1-2-3-7-14(19-10-8-18-9-11-19)12-5-4-6-13(16)15(12)17;;/h4-6,14,18H,2-3,7-11H2,1H3;2*1H/t14-;;/m1../s1. The molecule has 122 valence electrons. The molecular formula is C15H24Cl3FN2. The van der Waals surface area contributed by atoms with Gasteiger partial charge in [0.2, 0.25) is 0 Å². The minimum atomic E-state index is -0.246. The number of piperazine rings is 1. The molecule has 0 radical (unpaired) electrons. The van der Waals surface area contributed by atoms with Gasteiger partial charge in [-0.3, -0.25) is 4.90 Å². The van der Waals surface area contributed by atoms with Gasteiger partial charge in [-0.15, -0.1) is 24.8 Å². The van der Waals surface area contributed by atoms with E-state index >= 15 is 0 Å². The Labute approximate surface area is 144 Å². The third-order valence-corrected chi connectivity index (χ3v) is 4.06. The van der Waals surface area contributed by atoms with Crippen LogP contribution in [0.25, 0.3) is 0 Å². The van der Waals surface area contributed by atoms with Crippen LogP contribution in [0.1, 0.15) is 37.8 Å². The molecule has 0 saturated carbocycles. The van der Waals surface area contributed by atoms with Crippen LogP contribution in [0.15, 0.2) is 18.2 Å². The highest BCUT2D eigenvalue weighted by Gasteiger charge is 2.24. The number of hydrogen-bond acceptors (Lipinski definition) is 2. The third kappa shape index (κ3) is 5.57. The van der Waals surface area contributed by atoms with E-state index < -0.39 is 0 Å². The largest absolute Gasteiger partial charge is 0.314 e. The lowest BCUT2D eigenvalue weighted by Gasteiger charge is -2.35. The van der Waals surface area contributed by atoms with Gasteiger partial charge in [-0.05, 0) is 12.5 Å². The van der Waals surface area contributed by atoms with Crippen molar-refractivity contribution in [3.63, 3.8) is 0 Å². The van der Waals surface area contributed by atoms with Gasteiger partial charge in [0.25, 0.3) is 0 Å².